The van der Waals surface area contributed by atoms with Crippen molar-refractivity contribution in [3.05, 3.63) is 35.4 Å². The lowest BCUT2D eigenvalue weighted by Crippen LogP contribution is -2.59. The van der Waals surface area contributed by atoms with E-state index in [1.807, 2.05) is 6.20 Å². The van der Waals surface area contributed by atoms with Crippen molar-refractivity contribution < 1.29 is 0 Å². The van der Waals surface area contributed by atoms with E-state index in [9.17, 15) is 0 Å². The molecule has 4 rings (SSSR count). The lowest BCUT2D eigenvalue weighted by atomic mass is 10.1. The number of fused-ring (bicyclic) bond motifs is 1. The predicted octanol–water partition coefficient (Wildman–Crippen LogP) is 2.42. The minimum absolute atomic E-state index is 0.435. The highest BCUT2D eigenvalue weighted by Gasteiger charge is 2.33. The van der Waals surface area contributed by atoms with Crippen molar-refractivity contribution in [1.29, 1.82) is 0 Å². The second-order valence-electron chi connectivity index (χ2n) is 5.99. The van der Waals surface area contributed by atoms with Crippen molar-refractivity contribution in [2.45, 2.75) is 19.9 Å². The van der Waals surface area contributed by atoms with E-state index >= 15 is 0 Å². The van der Waals surface area contributed by atoms with E-state index in [1.54, 1.807) is 24.0 Å². The van der Waals surface area contributed by atoms with Gasteiger partial charge in [-0.15, -0.1) is 11.3 Å². The van der Waals surface area contributed by atoms with Gasteiger partial charge in [0.25, 0.3) is 0 Å². The van der Waals surface area contributed by atoms with Crippen LogP contribution in [0.2, 0.25) is 0 Å². The molecule has 3 aromatic rings. The molecule has 0 radical (unpaired) electrons. The fourth-order valence-electron chi connectivity index (χ4n) is 2.98. The summed E-state index contributed by atoms with van der Waals surface area (Å²) in [4.78, 5) is 21.9. The third-order valence-electron chi connectivity index (χ3n) is 4.42. The van der Waals surface area contributed by atoms with Gasteiger partial charge in [-0.25, -0.2) is 19.9 Å². The van der Waals surface area contributed by atoms with Gasteiger partial charge in [-0.3, -0.25) is 0 Å². The predicted molar refractivity (Wildman–Crippen MR) is 93.3 cm³/mol. The van der Waals surface area contributed by atoms with Gasteiger partial charge in [0, 0.05) is 31.9 Å². The summed E-state index contributed by atoms with van der Waals surface area (Å²) < 4.78 is 1.17. The third-order valence-corrected chi connectivity index (χ3v) is 5.51. The van der Waals surface area contributed by atoms with Crippen molar-refractivity contribution in [3.63, 3.8) is 0 Å². The zero-order valence-corrected chi connectivity index (χ0v) is 14.2. The van der Waals surface area contributed by atoms with Gasteiger partial charge in [-0.05, 0) is 24.8 Å². The minimum Gasteiger partial charge on any atom is -0.352 e. The van der Waals surface area contributed by atoms with Crippen LogP contribution in [0, 0.1) is 13.8 Å². The summed E-state index contributed by atoms with van der Waals surface area (Å²) in [6.45, 7) is 6.04. The first-order valence-corrected chi connectivity index (χ1v) is 8.46. The molecule has 0 saturated carbocycles. The zero-order chi connectivity index (χ0) is 16.0. The Kier molecular flexibility index (Phi) is 3.37. The van der Waals surface area contributed by atoms with E-state index in [2.05, 4.69) is 56.0 Å². The molecule has 23 heavy (non-hydrogen) atoms. The van der Waals surface area contributed by atoms with Gasteiger partial charge in [-0.2, -0.15) is 0 Å². The second kappa shape index (κ2) is 5.42. The average Bonchev–Trinajstić information content (AvgIpc) is 2.89. The molecular formula is C16H18N6S. The minimum atomic E-state index is 0.435. The van der Waals surface area contributed by atoms with Gasteiger partial charge in [0.05, 0.1) is 16.3 Å². The molecule has 0 aliphatic carbocycles. The number of anilines is 2. The molecule has 1 saturated heterocycles. The number of rotatable bonds is 3. The lowest BCUT2D eigenvalue weighted by molar-refractivity contribution is 0.489. The number of likely N-dealkylation sites (N-methyl/N-ethyl adjacent to an activating group) is 1. The quantitative estimate of drug-likeness (QED) is 0.737. The molecule has 1 aliphatic heterocycles. The van der Waals surface area contributed by atoms with E-state index in [4.69, 9.17) is 0 Å². The van der Waals surface area contributed by atoms with Crippen LogP contribution in [0.15, 0.2) is 24.2 Å². The van der Waals surface area contributed by atoms with Crippen LogP contribution in [0.5, 0.6) is 0 Å². The lowest BCUT2D eigenvalue weighted by Gasteiger charge is -2.45. The molecule has 0 spiro atoms. The van der Waals surface area contributed by atoms with Crippen molar-refractivity contribution in [3.8, 4) is 0 Å². The van der Waals surface area contributed by atoms with Gasteiger partial charge in [0.2, 0.25) is 0 Å². The molecule has 0 aromatic carbocycles. The van der Waals surface area contributed by atoms with E-state index in [0.29, 0.717) is 6.04 Å². The molecule has 118 valence electrons. The highest BCUT2D eigenvalue weighted by molar-refractivity contribution is 7.18. The average molecular weight is 326 g/mol. The van der Waals surface area contributed by atoms with Crippen LogP contribution >= 0.6 is 11.3 Å². The van der Waals surface area contributed by atoms with Crippen molar-refractivity contribution in [2.75, 3.05) is 29.9 Å². The fourth-order valence-corrected chi connectivity index (χ4v) is 4.01. The highest BCUT2D eigenvalue weighted by Crippen LogP contribution is 2.33. The van der Waals surface area contributed by atoms with Crippen molar-refractivity contribution in [1.82, 2.24) is 19.9 Å². The largest absolute Gasteiger partial charge is 0.352 e. The summed E-state index contributed by atoms with van der Waals surface area (Å²) in [6.07, 6.45) is 5.14. The molecule has 0 unspecified atom stereocenters. The Morgan fingerprint density at radius 1 is 1.13 bits per heavy atom. The van der Waals surface area contributed by atoms with Crippen LogP contribution in [0.25, 0.3) is 10.2 Å². The Morgan fingerprint density at radius 2 is 1.96 bits per heavy atom. The Morgan fingerprint density at radius 3 is 2.74 bits per heavy atom. The van der Waals surface area contributed by atoms with Gasteiger partial charge in [0.15, 0.2) is 0 Å². The number of hydrogen-bond acceptors (Lipinski definition) is 7. The molecule has 0 atom stereocenters. The van der Waals surface area contributed by atoms with Gasteiger partial charge < -0.3 is 9.80 Å². The summed E-state index contributed by atoms with van der Waals surface area (Å²) in [5, 5.41) is 2.15. The van der Waals surface area contributed by atoms with Gasteiger partial charge >= 0.3 is 0 Å². The molecule has 1 aliphatic rings. The number of thiophene rings is 1. The first-order chi connectivity index (χ1) is 11.1. The van der Waals surface area contributed by atoms with Crippen molar-refractivity contribution in [2.24, 2.45) is 0 Å². The first-order valence-electron chi connectivity index (χ1n) is 7.58. The van der Waals surface area contributed by atoms with Crippen molar-refractivity contribution >= 4 is 33.2 Å². The molecule has 3 aromatic heterocycles. The van der Waals surface area contributed by atoms with Gasteiger partial charge in [0.1, 0.15) is 24.3 Å². The number of nitrogens with zero attached hydrogens (tertiary/aromatic N) is 6. The van der Waals surface area contributed by atoms with E-state index in [-0.39, 0.29) is 0 Å². The Labute approximate surface area is 138 Å². The molecule has 4 heterocycles. The molecule has 6 nitrogen and oxygen atoms in total. The highest BCUT2D eigenvalue weighted by atomic mass is 32.1. The standard InChI is InChI=1S/C16H18N6S/c1-10-4-17-8-19-15(10)22-5-12(6-22)21(3)16-14-13(18-9-20-16)11(2)7-23-14/h4,7-9,12H,5-6H2,1-3H3. The van der Waals surface area contributed by atoms with E-state index in [0.717, 1.165) is 35.8 Å². The first kappa shape index (κ1) is 14.3. The summed E-state index contributed by atoms with van der Waals surface area (Å²) >= 11 is 1.72. The Balaban J connectivity index is 1.55. The summed E-state index contributed by atoms with van der Waals surface area (Å²) in [5.74, 6) is 2.06. The smallest absolute Gasteiger partial charge is 0.150 e. The Bertz CT molecular complexity index is 855. The topological polar surface area (TPSA) is 58.0 Å². The summed E-state index contributed by atoms with van der Waals surface area (Å²) in [6, 6.07) is 0.435. The maximum atomic E-state index is 4.52. The van der Waals surface area contributed by atoms with Crippen LogP contribution in [0.3, 0.4) is 0 Å². The van der Waals surface area contributed by atoms with E-state index < -0.39 is 0 Å². The molecule has 0 bridgehead atoms. The summed E-state index contributed by atoms with van der Waals surface area (Å²) in [5.41, 5.74) is 3.40. The maximum Gasteiger partial charge on any atom is 0.150 e. The molecule has 1 fully saturated rings. The molecular weight excluding hydrogens is 308 g/mol. The zero-order valence-electron chi connectivity index (χ0n) is 13.4. The summed E-state index contributed by atoms with van der Waals surface area (Å²) in [7, 11) is 2.12. The van der Waals surface area contributed by atoms with Crippen LogP contribution in [0.1, 0.15) is 11.1 Å². The normalized spacial score (nSPS) is 15.0. The van der Waals surface area contributed by atoms with Crippen LogP contribution in [-0.2, 0) is 0 Å². The second-order valence-corrected chi connectivity index (χ2v) is 6.87. The Hall–Kier alpha value is -2.28. The fraction of sp³-hybridized carbons (Fsp3) is 0.375. The number of hydrogen-bond donors (Lipinski definition) is 0. The van der Waals surface area contributed by atoms with E-state index in [1.165, 1.54) is 10.3 Å². The number of aromatic nitrogens is 4. The molecule has 0 amide bonds. The van der Waals surface area contributed by atoms with Crippen LogP contribution in [0.4, 0.5) is 11.6 Å². The number of aryl methyl sites for hydroxylation is 2. The van der Waals surface area contributed by atoms with Crippen LogP contribution < -0.4 is 9.80 Å². The van der Waals surface area contributed by atoms with Gasteiger partial charge in [-0.1, -0.05) is 0 Å². The molecule has 7 heteroatoms. The monoisotopic (exact) mass is 326 g/mol. The SMILES string of the molecule is Cc1cncnc1N1CC(N(C)c2ncnc3c(C)csc23)C1. The maximum absolute atomic E-state index is 4.52. The van der Waals surface area contributed by atoms with Crippen LogP contribution in [-0.4, -0.2) is 46.1 Å². The molecule has 0 N–H and O–H groups in total. The third kappa shape index (κ3) is 2.31.